The highest BCUT2D eigenvalue weighted by atomic mass is 35.5. The average molecular weight is 490 g/mol. The molecular formula is C28H21Cl2NO3. The number of anilines is 1. The smallest absolute Gasteiger partial charge is 0.311 e. The number of carbonyl (C=O) groups excluding carboxylic acids is 2. The molecule has 4 nitrogen and oxygen atoms in total. The Hall–Kier alpha value is -3.60. The molecule has 0 aliphatic heterocycles. The largest absolute Gasteiger partial charge is 0.447 e. The van der Waals surface area contributed by atoms with Gasteiger partial charge in [0, 0.05) is 21.3 Å². The third kappa shape index (κ3) is 6.25. The van der Waals surface area contributed by atoms with E-state index in [0.717, 1.165) is 16.7 Å². The van der Waals surface area contributed by atoms with Crippen LogP contribution in [0.1, 0.15) is 17.2 Å². The Morgan fingerprint density at radius 1 is 0.735 bits per heavy atom. The van der Waals surface area contributed by atoms with Crippen molar-refractivity contribution < 1.29 is 14.3 Å². The van der Waals surface area contributed by atoms with Gasteiger partial charge in [-0.05, 0) is 34.9 Å². The monoisotopic (exact) mass is 489 g/mol. The molecule has 0 bridgehead atoms. The van der Waals surface area contributed by atoms with E-state index >= 15 is 0 Å². The van der Waals surface area contributed by atoms with E-state index in [9.17, 15) is 9.59 Å². The molecule has 0 fully saturated rings. The first-order valence-electron chi connectivity index (χ1n) is 10.6. The van der Waals surface area contributed by atoms with E-state index in [0.29, 0.717) is 21.3 Å². The highest BCUT2D eigenvalue weighted by Crippen LogP contribution is 2.26. The van der Waals surface area contributed by atoms with E-state index in [4.69, 9.17) is 27.9 Å². The van der Waals surface area contributed by atoms with Gasteiger partial charge in [-0.25, -0.2) is 0 Å². The lowest BCUT2D eigenvalue weighted by Crippen LogP contribution is -2.26. The van der Waals surface area contributed by atoms with Gasteiger partial charge in [-0.1, -0.05) is 108 Å². The first-order chi connectivity index (χ1) is 16.5. The number of esters is 1. The van der Waals surface area contributed by atoms with Crippen LogP contribution in [0.15, 0.2) is 103 Å². The summed E-state index contributed by atoms with van der Waals surface area (Å²) >= 11 is 12.1. The maximum absolute atomic E-state index is 13.1. The molecule has 4 aromatic rings. The minimum absolute atomic E-state index is 0.0364. The summed E-state index contributed by atoms with van der Waals surface area (Å²) in [6.45, 7) is 0. The SMILES string of the molecule is O=C(Cc1ccc(-c2ccccc2)cc1)OC(C(=O)Nc1cc(Cl)cc(Cl)c1)c1ccccc1. The van der Waals surface area contributed by atoms with Gasteiger partial charge >= 0.3 is 5.97 Å². The van der Waals surface area contributed by atoms with Crippen molar-refractivity contribution in [2.24, 2.45) is 0 Å². The molecule has 0 heterocycles. The van der Waals surface area contributed by atoms with Crippen LogP contribution >= 0.6 is 23.2 Å². The van der Waals surface area contributed by atoms with Crippen LogP contribution in [-0.2, 0) is 20.7 Å². The second-order valence-electron chi connectivity index (χ2n) is 7.67. The summed E-state index contributed by atoms with van der Waals surface area (Å²) in [5.74, 6) is -1.02. The summed E-state index contributed by atoms with van der Waals surface area (Å²) in [5, 5.41) is 3.50. The van der Waals surface area contributed by atoms with Crippen LogP contribution in [0.25, 0.3) is 11.1 Å². The van der Waals surface area contributed by atoms with Gasteiger partial charge in [-0.2, -0.15) is 0 Å². The van der Waals surface area contributed by atoms with Gasteiger partial charge in [0.1, 0.15) is 0 Å². The fourth-order valence-corrected chi connectivity index (χ4v) is 4.05. The number of ether oxygens (including phenoxy) is 1. The molecule has 0 radical (unpaired) electrons. The summed E-state index contributed by atoms with van der Waals surface area (Å²) in [6.07, 6.45) is -1.09. The van der Waals surface area contributed by atoms with E-state index in [1.807, 2.05) is 60.7 Å². The van der Waals surface area contributed by atoms with Gasteiger partial charge in [-0.3, -0.25) is 9.59 Å². The first kappa shape index (κ1) is 23.6. The Kier molecular flexibility index (Phi) is 7.63. The highest BCUT2D eigenvalue weighted by molar-refractivity contribution is 6.35. The van der Waals surface area contributed by atoms with Crippen LogP contribution < -0.4 is 5.32 Å². The number of benzene rings is 4. The van der Waals surface area contributed by atoms with Crippen molar-refractivity contribution in [1.82, 2.24) is 0 Å². The van der Waals surface area contributed by atoms with E-state index < -0.39 is 18.0 Å². The summed E-state index contributed by atoms with van der Waals surface area (Å²) < 4.78 is 5.63. The van der Waals surface area contributed by atoms with Crippen LogP contribution in [0.3, 0.4) is 0 Å². The maximum atomic E-state index is 13.1. The van der Waals surface area contributed by atoms with E-state index in [2.05, 4.69) is 5.32 Å². The van der Waals surface area contributed by atoms with Gasteiger partial charge in [0.05, 0.1) is 6.42 Å². The summed E-state index contributed by atoms with van der Waals surface area (Å²) in [5.41, 5.74) is 3.91. The predicted molar refractivity (Wildman–Crippen MR) is 136 cm³/mol. The molecule has 1 atom stereocenters. The molecule has 34 heavy (non-hydrogen) atoms. The van der Waals surface area contributed by atoms with Crippen molar-refractivity contribution >= 4 is 40.8 Å². The van der Waals surface area contributed by atoms with Crippen molar-refractivity contribution in [3.05, 3.63) is 124 Å². The fraction of sp³-hybridized carbons (Fsp3) is 0.0714. The third-order valence-corrected chi connectivity index (χ3v) is 5.57. The lowest BCUT2D eigenvalue weighted by Gasteiger charge is -2.18. The number of hydrogen-bond donors (Lipinski definition) is 1. The number of halogens is 2. The molecule has 1 amide bonds. The van der Waals surface area contributed by atoms with E-state index in [-0.39, 0.29) is 6.42 Å². The zero-order valence-corrected chi connectivity index (χ0v) is 19.6. The standard InChI is InChI=1S/C28H21Cl2NO3/c29-23-16-24(30)18-25(17-23)31-28(33)27(22-9-5-2-6-10-22)34-26(32)15-19-11-13-21(14-12-19)20-7-3-1-4-8-20/h1-14,16-18,27H,15H2,(H,31,33). The third-order valence-electron chi connectivity index (χ3n) is 5.13. The van der Waals surface area contributed by atoms with E-state index in [1.54, 1.807) is 42.5 Å². The normalized spacial score (nSPS) is 11.5. The molecule has 0 aliphatic rings. The summed E-state index contributed by atoms with van der Waals surface area (Å²) in [4.78, 5) is 25.8. The van der Waals surface area contributed by atoms with Gasteiger partial charge in [0.2, 0.25) is 6.10 Å². The molecule has 0 aliphatic carbocycles. The number of rotatable bonds is 7. The maximum Gasteiger partial charge on any atom is 0.311 e. The second-order valence-corrected chi connectivity index (χ2v) is 8.54. The van der Waals surface area contributed by atoms with Gasteiger partial charge in [-0.15, -0.1) is 0 Å². The Labute approximate surface area is 208 Å². The molecule has 6 heteroatoms. The summed E-state index contributed by atoms with van der Waals surface area (Å²) in [6, 6.07) is 31.2. The van der Waals surface area contributed by atoms with Crippen molar-refractivity contribution in [2.45, 2.75) is 12.5 Å². The number of carbonyl (C=O) groups is 2. The minimum Gasteiger partial charge on any atom is -0.447 e. The number of amides is 1. The predicted octanol–water partition coefficient (Wildman–Crippen LogP) is 7.13. The Morgan fingerprint density at radius 3 is 1.91 bits per heavy atom. The van der Waals surface area contributed by atoms with Gasteiger partial charge < -0.3 is 10.1 Å². The van der Waals surface area contributed by atoms with E-state index in [1.165, 1.54) is 0 Å². The van der Waals surface area contributed by atoms with Crippen molar-refractivity contribution in [1.29, 1.82) is 0 Å². The second kappa shape index (κ2) is 11.0. The van der Waals surface area contributed by atoms with Crippen LogP contribution in [0, 0.1) is 0 Å². The molecule has 1 unspecified atom stereocenters. The number of hydrogen-bond acceptors (Lipinski definition) is 3. The van der Waals surface area contributed by atoms with Crippen LogP contribution in [0.5, 0.6) is 0 Å². The topological polar surface area (TPSA) is 55.4 Å². The number of nitrogens with one attached hydrogen (secondary N) is 1. The molecule has 4 aromatic carbocycles. The van der Waals surface area contributed by atoms with Gasteiger partial charge in [0.15, 0.2) is 0 Å². The van der Waals surface area contributed by atoms with Gasteiger partial charge in [0.25, 0.3) is 5.91 Å². The Bertz CT molecular complexity index is 1260. The van der Waals surface area contributed by atoms with Crippen LogP contribution in [0.2, 0.25) is 10.0 Å². The Morgan fingerprint density at radius 2 is 1.29 bits per heavy atom. The van der Waals surface area contributed by atoms with Crippen molar-refractivity contribution in [3.8, 4) is 11.1 Å². The molecular weight excluding hydrogens is 469 g/mol. The molecule has 0 saturated heterocycles. The molecule has 1 N–H and O–H groups in total. The lowest BCUT2D eigenvalue weighted by molar-refractivity contribution is -0.154. The molecule has 0 saturated carbocycles. The van der Waals surface area contributed by atoms with Crippen LogP contribution in [0.4, 0.5) is 5.69 Å². The Balaban J connectivity index is 1.48. The molecule has 4 rings (SSSR count). The quantitative estimate of drug-likeness (QED) is 0.281. The highest BCUT2D eigenvalue weighted by Gasteiger charge is 2.25. The zero-order chi connectivity index (χ0) is 23.9. The first-order valence-corrected chi connectivity index (χ1v) is 11.4. The van der Waals surface area contributed by atoms with Crippen LogP contribution in [-0.4, -0.2) is 11.9 Å². The molecule has 0 aromatic heterocycles. The molecule has 0 spiro atoms. The van der Waals surface area contributed by atoms with Crippen molar-refractivity contribution in [3.63, 3.8) is 0 Å². The average Bonchev–Trinajstić information content (AvgIpc) is 2.83. The summed E-state index contributed by atoms with van der Waals surface area (Å²) in [7, 11) is 0. The minimum atomic E-state index is -1.13. The molecule has 170 valence electrons. The lowest BCUT2D eigenvalue weighted by atomic mass is 10.0. The zero-order valence-electron chi connectivity index (χ0n) is 18.1. The fourth-order valence-electron chi connectivity index (χ4n) is 3.52. The van der Waals surface area contributed by atoms with Crippen molar-refractivity contribution in [2.75, 3.05) is 5.32 Å².